The van der Waals surface area contributed by atoms with Gasteiger partial charge in [-0.1, -0.05) is 0 Å². The van der Waals surface area contributed by atoms with Crippen molar-refractivity contribution >= 4 is 11.8 Å². The first-order chi connectivity index (χ1) is 18.1. The van der Waals surface area contributed by atoms with Crippen LogP contribution < -0.4 is 14.2 Å². The number of methoxy groups -OCH3 is 2. The molecule has 6 unspecified atom stereocenters. The molecule has 0 aromatic heterocycles. The van der Waals surface area contributed by atoms with Gasteiger partial charge in [0.15, 0.2) is 17.3 Å². The highest BCUT2D eigenvalue weighted by molar-refractivity contribution is 6.01. The molecule has 1 fully saturated rings. The lowest BCUT2D eigenvalue weighted by molar-refractivity contribution is -0.277. The summed E-state index contributed by atoms with van der Waals surface area (Å²) >= 11 is 0. The molecule has 1 aliphatic heterocycles. The molecular formula is C25H28O13. The first-order valence-electron chi connectivity index (χ1n) is 11.6. The number of rotatable bonds is 7. The van der Waals surface area contributed by atoms with Gasteiger partial charge >= 0.3 is 5.97 Å². The summed E-state index contributed by atoms with van der Waals surface area (Å²) in [7, 11) is 2.56. The zero-order chi connectivity index (χ0) is 27.7. The Bertz CT molecular complexity index is 1190. The third kappa shape index (κ3) is 5.06. The van der Waals surface area contributed by atoms with Crippen molar-refractivity contribution in [1.82, 2.24) is 0 Å². The average molecular weight is 536 g/mol. The van der Waals surface area contributed by atoms with Crippen LogP contribution in [0, 0.1) is 0 Å². The van der Waals surface area contributed by atoms with Crippen LogP contribution in [-0.4, -0.2) is 93.9 Å². The number of ketones is 1. The molecule has 13 heteroatoms. The standard InChI is InChI=1S/C25H28O13/c1-34-15-7-10(8-16(35-2)20(15)29)24(33)36-9-17-21(30)22(31)23(32)25(38-17)37-14-6-5-12(27)18-11(26)3-4-13(28)19(14)18/h5-8,13,17,21-23,25,27-32H,3-4,9H2,1-2H3. The van der Waals surface area contributed by atoms with Crippen molar-refractivity contribution in [3.63, 3.8) is 0 Å². The Morgan fingerprint density at radius 2 is 1.63 bits per heavy atom. The summed E-state index contributed by atoms with van der Waals surface area (Å²) in [5, 5.41) is 61.8. The molecule has 2 aromatic carbocycles. The van der Waals surface area contributed by atoms with Crippen molar-refractivity contribution in [3.05, 3.63) is 41.0 Å². The summed E-state index contributed by atoms with van der Waals surface area (Å²) in [4.78, 5) is 25.0. The SMILES string of the molecule is COc1cc(C(=O)OCC2OC(Oc3ccc(O)c4c3C(O)CCC4=O)C(O)C(O)C2O)cc(OC)c1O. The lowest BCUT2D eigenvalue weighted by atomic mass is 9.87. The second-order valence-corrected chi connectivity index (χ2v) is 8.81. The van der Waals surface area contributed by atoms with Gasteiger partial charge in [0.2, 0.25) is 12.0 Å². The number of fused-ring (bicyclic) bond motifs is 1. The predicted molar refractivity (Wildman–Crippen MR) is 125 cm³/mol. The molecule has 0 spiro atoms. The van der Waals surface area contributed by atoms with Crippen LogP contribution in [0.4, 0.5) is 0 Å². The van der Waals surface area contributed by atoms with Crippen LogP contribution >= 0.6 is 0 Å². The normalized spacial score (nSPS) is 26.8. The number of phenols is 2. The summed E-state index contributed by atoms with van der Waals surface area (Å²) in [6, 6.07) is 4.88. The summed E-state index contributed by atoms with van der Waals surface area (Å²) in [6.07, 6.45) is -9.21. The van der Waals surface area contributed by atoms with Crippen molar-refractivity contribution in [1.29, 1.82) is 0 Å². The van der Waals surface area contributed by atoms with E-state index in [4.69, 9.17) is 23.7 Å². The number of carbonyl (C=O) groups is 2. The molecule has 38 heavy (non-hydrogen) atoms. The van der Waals surface area contributed by atoms with E-state index in [0.717, 1.165) is 0 Å². The summed E-state index contributed by atoms with van der Waals surface area (Å²) in [5.74, 6) is -2.14. The number of hydrogen-bond acceptors (Lipinski definition) is 13. The Morgan fingerprint density at radius 3 is 2.26 bits per heavy atom. The molecular weight excluding hydrogens is 508 g/mol. The number of aliphatic hydroxyl groups is 4. The first-order valence-corrected chi connectivity index (χ1v) is 11.6. The minimum absolute atomic E-state index is 0.0101. The quantitative estimate of drug-likeness (QED) is 0.262. The van der Waals surface area contributed by atoms with Crippen LogP contribution in [0.5, 0.6) is 28.7 Å². The van der Waals surface area contributed by atoms with E-state index < -0.39 is 55.2 Å². The van der Waals surface area contributed by atoms with E-state index in [0.29, 0.717) is 0 Å². The van der Waals surface area contributed by atoms with Crippen LogP contribution in [0.2, 0.25) is 0 Å². The average Bonchev–Trinajstić information content (AvgIpc) is 2.91. The lowest BCUT2D eigenvalue weighted by Gasteiger charge is -2.40. The van der Waals surface area contributed by atoms with Gasteiger partial charge in [0.05, 0.1) is 31.5 Å². The molecule has 0 bridgehead atoms. The van der Waals surface area contributed by atoms with Crippen LogP contribution in [-0.2, 0) is 9.47 Å². The van der Waals surface area contributed by atoms with E-state index in [-0.39, 0.29) is 58.3 Å². The van der Waals surface area contributed by atoms with Crippen molar-refractivity contribution in [2.45, 2.75) is 49.7 Å². The fourth-order valence-electron chi connectivity index (χ4n) is 4.38. The summed E-state index contributed by atoms with van der Waals surface area (Å²) < 4.78 is 26.5. The minimum atomic E-state index is -1.77. The van der Waals surface area contributed by atoms with Gasteiger partial charge in [-0.25, -0.2) is 4.79 Å². The Kier molecular flexibility index (Phi) is 7.94. The second-order valence-electron chi connectivity index (χ2n) is 8.81. The molecule has 206 valence electrons. The van der Waals surface area contributed by atoms with E-state index >= 15 is 0 Å². The number of hydrogen-bond donors (Lipinski definition) is 6. The number of carbonyl (C=O) groups excluding carboxylic acids is 2. The van der Waals surface area contributed by atoms with Crippen molar-refractivity contribution in [2.24, 2.45) is 0 Å². The smallest absolute Gasteiger partial charge is 0.338 e. The third-order valence-corrected chi connectivity index (χ3v) is 6.45. The van der Waals surface area contributed by atoms with Crippen molar-refractivity contribution in [2.75, 3.05) is 20.8 Å². The Labute approximate surface area is 216 Å². The van der Waals surface area contributed by atoms with E-state index in [2.05, 4.69) is 0 Å². The van der Waals surface area contributed by atoms with E-state index in [1.807, 2.05) is 0 Å². The number of phenolic OH excluding ortho intramolecular Hbond substituents is 2. The number of aromatic hydroxyl groups is 2. The zero-order valence-electron chi connectivity index (χ0n) is 20.4. The Hall–Kier alpha value is -3.62. The van der Waals surface area contributed by atoms with Gasteiger partial charge in [0, 0.05) is 12.0 Å². The second kappa shape index (κ2) is 11.0. The number of benzene rings is 2. The highest BCUT2D eigenvalue weighted by atomic mass is 16.7. The molecule has 0 radical (unpaired) electrons. The molecule has 2 aliphatic rings. The molecule has 0 saturated carbocycles. The van der Waals surface area contributed by atoms with Gasteiger partial charge in [0.1, 0.15) is 42.5 Å². The molecule has 1 saturated heterocycles. The highest BCUT2D eigenvalue weighted by Crippen LogP contribution is 2.42. The summed E-state index contributed by atoms with van der Waals surface area (Å²) in [5.41, 5.74) is -0.155. The monoisotopic (exact) mass is 536 g/mol. The topological polar surface area (TPSA) is 202 Å². The van der Waals surface area contributed by atoms with Gasteiger partial charge in [0.25, 0.3) is 0 Å². The number of Topliss-reactive ketones (excluding diaryl/α,β-unsaturated/α-hetero) is 1. The van der Waals surface area contributed by atoms with Crippen molar-refractivity contribution in [3.8, 4) is 28.7 Å². The molecule has 0 amide bonds. The van der Waals surface area contributed by atoms with Crippen LogP contribution in [0.15, 0.2) is 24.3 Å². The lowest BCUT2D eigenvalue weighted by Crippen LogP contribution is -2.60. The van der Waals surface area contributed by atoms with Crippen LogP contribution in [0.1, 0.15) is 45.2 Å². The molecule has 2 aromatic rings. The maximum atomic E-state index is 12.6. The summed E-state index contributed by atoms with van der Waals surface area (Å²) in [6.45, 7) is -0.579. The van der Waals surface area contributed by atoms with Crippen LogP contribution in [0.25, 0.3) is 0 Å². The predicted octanol–water partition coefficient (Wildman–Crippen LogP) is 0.168. The molecule has 13 nitrogen and oxygen atoms in total. The number of esters is 1. The molecule has 6 atom stereocenters. The van der Waals surface area contributed by atoms with Crippen molar-refractivity contribution < 1.29 is 63.9 Å². The van der Waals surface area contributed by atoms with Gasteiger partial charge in [-0.05, 0) is 30.7 Å². The van der Waals surface area contributed by atoms with Crippen LogP contribution in [0.3, 0.4) is 0 Å². The fourth-order valence-corrected chi connectivity index (χ4v) is 4.38. The molecule has 1 heterocycles. The maximum absolute atomic E-state index is 12.6. The largest absolute Gasteiger partial charge is 0.507 e. The molecule has 6 N–H and O–H groups in total. The van der Waals surface area contributed by atoms with Gasteiger partial charge in [-0.3, -0.25) is 4.79 Å². The fraction of sp³-hybridized carbons (Fsp3) is 0.440. The first kappa shape index (κ1) is 27.4. The van der Waals surface area contributed by atoms with Gasteiger partial charge in [-0.15, -0.1) is 0 Å². The number of aliphatic hydroxyl groups excluding tert-OH is 4. The highest BCUT2D eigenvalue weighted by Gasteiger charge is 2.46. The van der Waals surface area contributed by atoms with E-state index in [1.54, 1.807) is 0 Å². The van der Waals surface area contributed by atoms with E-state index in [9.17, 15) is 40.2 Å². The van der Waals surface area contributed by atoms with Gasteiger partial charge in [-0.2, -0.15) is 0 Å². The Balaban J connectivity index is 1.51. The molecule has 1 aliphatic carbocycles. The third-order valence-electron chi connectivity index (χ3n) is 6.45. The van der Waals surface area contributed by atoms with E-state index in [1.165, 1.54) is 38.5 Å². The maximum Gasteiger partial charge on any atom is 0.338 e. The zero-order valence-corrected chi connectivity index (χ0v) is 20.4. The molecule has 4 rings (SSSR count). The minimum Gasteiger partial charge on any atom is -0.507 e. The van der Waals surface area contributed by atoms with Gasteiger partial charge < -0.3 is 54.3 Å². The number of ether oxygens (including phenoxy) is 5. The Morgan fingerprint density at radius 1 is 0.974 bits per heavy atom.